The molecule has 0 spiro atoms. The Labute approximate surface area is 183 Å². The minimum Gasteiger partial charge on any atom is -0.422 e. The molecule has 2 aromatic carbocycles. The largest absolute Gasteiger partial charge is 0.422 e. The van der Waals surface area contributed by atoms with Crippen LogP contribution in [-0.4, -0.2) is 32.1 Å². The third-order valence-electron chi connectivity index (χ3n) is 4.83. The number of nitrogens with one attached hydrogen (secondary N) is 2. The van der Waals surface area contributed by atoms with Crippen molar-refractivity contribution in [1.29, 1.82) is 0 Å². The SMILES string of the molecule is CNSNc1ccc(F)c(Cc2c(C)c3cc(C)c(OC(=O)N(C)C)cc3oc2=O)c1. The van der Waals surface area contributed by atoms with Crippen LogP contribution in [0.15, 0.2) is 39.5 Å². The smallest absolute Gasteiger partial charge is 0.414 e. The summed E-state index contributed by atoms with van der Waals surface area (Å²) in [6.45, 7) is 3.60. The summed E-state index contributed by atoms with van der Waals surface area (Å²) >= 11 is 1.26. The predicted octanol–water partition coefficient (Wildman–Crippen LogP) is 4.39. The number of fused-ring (bicyclic) bond motifs is 1. The van der Waals surface area contributed by atoms with Crippen molar-refractivity contribution in [1.82, 2.24) is 9.62 Å². The van der Waals surface area contributed by atoms with Gasteiger partial charge < -0.3 is 18.8 Å². The van der Waals surface area contributed by atoms with Crippen LogP contribution in [0.5, 0.6) is 5.75 Å². The lowest BCUT2D eigenvalue weighted by molar-refractivity contribution is 0.171. The fourth-order valence-corrected chi connectivity index (χ4v) is 3.45. The van der Waals surface area contributed by atoms with Crippen LogP contribution in [0.25, 0.3) is 11.0 Å². The van der Waals surface area contributed by atoms with E-state index in [1.807, 2.05) is 0 Å². The summed E-state index contributed by atoms with van der Waals surface area (Å²) in [5, 5.41) is 0.706. The minimum atomic E-state index is -0.555. The average molecular weight is 446 g/mol. The van der Waals surface area contributed by atoms with Crippen molar-refractivity contribution in [2.45, 2.75) is 20.3 Å². The second-order valence-corrected chi connectivity index (χ2v) is 8.08. The molecule has 9 heteroatoms. The molecular weight excluding hydrogens is 421 g/mol. The number of rotatable bonds is 6. The highest BCUT2D eigenvalue weighted by atomic mass is 32.2. The molecule has 0 saturated carbocycles. The van der Waals surface area contributed by atoms with E-state index in [-0.39, 0.29) is 6.42 Å². The van der Waals surface area contributed by atoms with Gasteiger partial charge in [0.05, 0.1) is 0 Å². The van der Waals surface area contributed by atoms with Crippen LogP contribution in [0, 0.1) is 19.7 Å². The summed E-state index contributed by atoms with van der Waals surface area (Å²) in [5.41, 5.74) is 2.63. The topological polar surface area (TPSA) is 83.8 Å². The lowest BCUT2D eigenvalue weighted by Gasteiger charge is -2.14. The summed E-state index contributed by atoms with van der Waals surface area (Å²) in [6.07, 6.45) is -0.440. The standard InChI is InChI=1S/C22H24FN3O4S/c1-12-8-16-13(2)17(10-14-9-15(25-31-24-3)6-7-18(14)23)21(27)29-20(16)11-19(12)30-22(28)26(4)5/h6-9,11,24-25H,10H2,1-5H3. The number of nitrogens with zero attached hydrogens (tertiary/aromatic N) is 1. The zero-order chi connectivity index (χ0) is 22.7. The summed E-state index contributed by atoms with van der Waals surface area (Å²) in [5.74, 6) is -0.0885. The highest BCUT2D eigenvalue weighted by Crippen LogP contribution is 2.29. The number of ether oxygens (including phenoxy) is 1. The number of carbonyl (C=O) groups is 1. The van der Waals surface area contributed by atoms with Crippen LogP contribution in [-0.2, 0) is 6.42 Å². The van der Waals surface area contributed by atoms with E-state index in [0.717, 1.165) is 0 Å². The zero-order valence-corrected chi connectivity index (χ0v) is 18.8. The van der Waals surface area contributed by atoms with Gasteiger partial charge in [-0.15, -0.1) is 0 Å². The van der Waals surface area contributed by atoms with Crippen LogP contribution in [0.4, 0.5) is 14.9 Å². The Bertz CT molecular complexity index is 1190. The second kappa shape index (κ2) is 9.40. The summed E-state index contributed by atoms with van der Waals surface area (Å²) in [6, 6.07) is 7.98. The molecule has 2 N–H and O–H groups in total. The Kier molecular flexibility index (Phi) is 6.87. The molecule has 0 aliphatic heterocycles. The first kappa shape index (κ1) is 22.6. The molecule has 164 valence electrons. The molecule has 0 radical (unpaired) electrons. The first-order chi connectivity index (χ1) is 14.7. The van der Waals surface area contributed by atoms with E-state index in [2.05, 4.69) is 9.44 Å². The molecule has 0 atom stereocenters. The molecule has 0 aliphatic carbocycles. The van der Waals surface area contributed by atoms with E-state index in [1.54, 1.807) is 53.2 Å². The van der Waals surface area contributed by atoms with Crippen LogP contribution in [0.3, 0.4) is 0 Å². The van der Waals surface area contributed by atoms with Crippen molar-refractivity contribution in [3.8, 4) is 5.75 Å². The third kappa shape index (κ3) is 5.00. The lowest BCUT2D eigenvalue weighted by Crippen LogP contribution is -2.25. The maximum atomic E-state index is 14.4. The van der Waals surface area contributed by atoms with E-state index < -0.39 is 17.5 Å². The van der Waals surface area contributed by atoms with E-state index in [0.29, 0.717) is 44.7 Å². The molecule has 1 aromatic heterocycles. The monoisotopic (exact) mass is 445 g/mol. The molecule has 7 nitrogen and oxygen atoms in total. The van der Waals surface area contributed by atoms with Gasteiger partial charge in [0.2, 0.25) is 0 Å². The van der Waals surface area contributed by atoms with Crippen LogP contribution >= 0.6 is 12.1 Å². The molecule has 0 unspecified atom stereocenters. The van der Waals surface area contributed by atoms with Gasteiger partial charge in [-0.25, -0.2) is 18.7 Å². The van der Waals surface area contributed by atoms with Crippen LogP contribution in [0.2, 0.25) is 0 Å². The highest BCUT2D eigenvalue weighted by Gasteiger charge is 2.17. The quantitative estimate of drug-likeness (QED) is 0.430. The molecule has 1 heterocycles. The average Bonchev–Trinajstić information content (AvgIpc) is 2.72. The minimum absolute atomic E-state index is 0.0894. The number of carbonyl (C=O) groups excluding carboxylic acids is 1. The molecule has 0 saturated heterocycles. The summed E-state index contributed by atoms with van der Waals surface area (Å²) in [7, 11) is 4.92. The van der Waals surface area contributed by atoms with E-state index in [9.17, 15) is 14.0 Å². The number of hydrogen-bond donors (Lipinski definition) is 2. The van der Waals surface area contributed by atoms with E-state index >= 15 is 0 Å². The number of anilines is 1. The van der Waals surface area contributed by atoms with Gasteiger partial charge in [0.1, 0.15) is 17.1 Å². The highest BCUT2D eigenvalue weighted by molar-refractivity contribution is 7.98. The van der Waals surface area contributed by atoms with Crippen molar-refractivity contribution in [2.24, 2.45) is 0 Å². The van der Waals surface area contributed by atoms with Gasteiger partial charge in [0.15, 0.2) is 0 Å². The Morgan fingerprint density at radius 1 is 1.23 bits per heavy atom. The Morgan fingerprint density at radius 2 is 1.97 bits per heavy atom. The number of benzene rings is 2. The van der Waals surface area contributed by atoms with Crippen molar-refractivity contribution in [3.05, 3.63) is 68.8 Å². The second-order valence-electron chi connectivity index (χ2n) is 7.26. The normalized spacial score (nSPS) is 10.9. The predicted molar refractivity (Wildman–Crippen MR) is 121 cm³/mol. The van der Waals surface area contributed by atoms with Gasteiger partial charge in [0, 0.05) is 55.4 Å². The van der Waals surface area contributed by atoms with Crippen molar-refractivity contribution >= 4 is 34.9 Å². The molecule has 0 aliphatic rings. The Morgan fingerprint density at radius 3 is 2.65 bits per heavy atom. The molecule has 1 amide bonds. The molecule has 0 fully saturated rings. The maximum absolute atomic E-state index is 14.4. The molecule has 3 rings (SSSR count). The number of hydrogen-bond acceptors (Lipinski definition) is 7. The van der Waals surface area contributed by atoms with Gasteiger partial charge in [-0.05, 0) is 61.9 Å². The fraction of sp³-hybridized carbons (Fsp3) is 0.273. The van der Waals surface area contributed by atoms with Gasteiger partial charge >= 0.3 is 11.7 Å². The van der Waals surface area contributed by atoms with Crippen LogP contribution < -0.4 is 19.8 Å². The van der Waals surface area contributed by atoms with Gasteiger partial charge in [-0.2, -0.15) is 0 Å². The molecular formula is C22H24FN3O4S. The number of halogens is 1. The molecule has 3 aromatic rings. The van der Waals surface area contributed by atoms with Crippen molar-refractivity contribution in [3.63, 3.8) is 0 Å². The molecule has 31 heavy (non-hydrogen) atoms. The van der Waals surface area contributed by atoms with E-state index in [1.165, 1.54) is 29.2 Å². The number of aryl methyl sites for hydroxylation is 2. The number of amides is 1. The summed E-state index contributed by atoms with van der Waals surface area (Å²) in [4.78, 5) is 25.9. The van der Waals surface area contributed by atoms with Crippen molar-refractivity contribution in [2.75, 3.05) is 25.9 Å². The summed E-state index contributed by atoms with van der Waals surface area (Å²) < 4.78 is 31.2. The Hall–Kier alpha value is -3.04. The third-order valence-corrected chi connectivity index (χ3v) is 5.37. The lowest BCUT2D eigenvalue weighted by atomic mass is 9.98. The molecule has 0 bridgehead atoms. The van der Waals surface area contributed by atoms with E-state index in [4.69, 9.17) is 9.15 Å². The van der Waals surface area contributed by atoms with Crippen LogP contribution in [0.1, 0.15) is 22.3 Å². The first-order valence-electron chi connectivity index (χ1n) is 9.54. The van der Waals surface area contributed by atoms with Gasteiger partial charge in [0.25, 0.3) is 0 Å². The van der Waals surface area contributed by atoms with Crippen molar-refractivity contribution < 1.29 is 18.3 Å². The maximum Gasteiger partial charge on any atom is 0.414 e. The van der Waals surface area contributed by atoms with Gasteiger partial charge in [-0.1, -0.05) is 0 Å². The van der Waals surface area contributed by atoms with Gasteiger partial charge in [-0.3, -0.25) is 0 Å². The fourth-order valence-electron chi connectivity index (χ4n) is 3.10. The first-order valence-corrected chi connectivity index (χ1v) is 10.4. The zero-order valence-electron chi connectivity index (χ0n) is 18.0. The Balaban J connectivity index is 2.01.